The third-order valence-electron chi connectivity index (χ3n) is 1.25. The highest BCUT2D eigenvalue weighted by Gasteiger charge is 2.05. The Labute approximate surface area is 95.2 Å². The molecule has 8 heteroatoms. The van der Waals surface area contributed by atoms with Crippen LogP contribution in [0.1, 0.15) is 6.92 Å². The Morgan fingerprint density at radius 3 is 1.94 bits per heavy atom. The lowest BCUT2D eigenvalue weighted by Crippen LogP contribution is -2.02. The fraction of sp³-hybridized carbons (Fsp3) is 0.111. The van der Waals surface area contributed by atoms with E-state index in [0.29, 0.717) is 0 Å². The van der Waals surface area contributed by atoms with Crippen LogP contribution >= 0.6 is 0 Å². The zero-order valence-electron chi connectivity index (χ0n) is 8.69. The van der Waals surface area contributed by atoms with E-state index in [2.05, 4.69) is 4.74 Å². The second-order valence-electron chi connectivity index (χ2n) is 2.64. The highest BCUT2D eigenvalue weighted by molar-refractivity contribution is 5.63. The van der Waals surface area contributed by atoms with Crippen molar-refractivity contribution in [1.29, 1.82) is 0 Å². The van der Waals surface area contributed by atoms with Crippen LogP contribution in [0.25, 0.3) is 0 Å². The van der Waals surface area contributed by atoms with Crippen LogP contribution in [0.15, 0.2) is 24.3 Å². The minimum absolute atomic E-state index is 0.0538. The fourth-order valence-corrected chi connectivity index (χ4v) is 0.737. The number of hydrogen-bond acceptors (Lipinski definition) is 5. The van der Waals surface area contributed by atoms with Crippen molar-refractivity contribution < 1.29 is 29.5 Å². The molecule has 0 aliphatic carbocycles. The molecule has 0 aliphatic heterocycles. The molecule has 1 aromatic rings. The van der Waals surface area contributed by atoms with Crippen LogP contribution in [-0.4, -0.2) is 27.3 Å². The molecule has 0 amide bonds. The summed E-state index contributed by atoms with van der Waals surface area (Å²) in [5.74, 6) is -0.780. The summed E-state index contributed by atoms with van der Waals surface area (Å²) in [7, 11) is 0. The largest absolute Gasteiger partial charge is 0.511 e. The molecule has 0 bridgehead atoms. The Morgan fingerprint density at radius 2 is 1.65 bits per heavy atom. The first-order chi connectivity index (χ1) is 7.82. The van der Waals surface area contributed by atoms with Crippen molar-refractivity contribution in [2.24, 2.45) is 0 Å². The van der Waals surface area contributed by atoms with E-state index in [0.717, 1.165) is 19.1 Å². The summed E-state index contributed by atoms with van der Waals surface area (Å²) in [6.45, 7) is 1.08. The molecule has 0 spiro atoms. The SMILES string of the molecule is CC(=O)O.O=C(O)Oc1ccc([N+](=O)[O-])cc1. The van der Waals surface area contributed by atoms with Gasteiger partial charge in [-0.2, -0.15) is 0 Å². The van der Waals surface area contributed by atoms with Gasteiger partial charge in [0.2, 0.25) is 0 Å². The maximum absolute atomic E-state index is 10.2. The summed E-state index contributed by atoms with van der Waals surface area (Å²) in [4.78, 5) is 28.6. The summed E-state index contributed by atoms with van der Waals surface area (Å²) in [6, 6.07) is 4.76. The maximum atomic E-state index is 10.2. The van der Waals surface area contributed by atoms with E-state index in [1.807, 2.05) is 0 Å². The zero-order valence-corrected chi connectivity index (χ0v) is 8.69. The van der Waals surface area contributed by atoms with Crippen molar-refractivity contribution in [3.8, 4) is 5.75 Å². The van der Waals surface area contributed by atoms with E-state index in [1.165, 1.54) is 12.1 Å². The van der Waals surface area contributed by atoms with Gasteiger partial charge in [0, 0.05) is 19.1 Å². The predicted octanol–water partition coefficient (Wildman–Crippen LogP) is 1.74. The van der Waals surface area contributed by atoms with Gasteiger partial charge in [-0.3, -0.25) is 14.9 Å². The number of ether oxygens (including phenoxy) is 1. The average molecular weight is 243 g/mol. The number of rotatable bonds is 2. The summed E-state index contributed by atoms with van der Waals surface area (Å²) < 4.78 is 4.24. The number of carbonyl (C=O) groups is 2. The Morgan fingerprint density at radius 1 is 1.24 bits per heavy atom. The fourth-order valence-electron chi connectivity index (χ4n) is 0.737. The van der Waals surface area contributed by atoms with Crippen LogP contribution in [0, 0.1) is 10.1 Å². The van der Waals surface area contributed by atoms with Gasteiger partial charge in [0.05, 0.1) is 4.92 Å². The quantitative estimate of drug-likeness (QED) is 0.350. The van der Waals surface area contributed by atoms with Gasteiger partial charge in [-0.15, -0.1) is 0 Å². The molecule has 0 radical (unpaired) electrons. The molecular formula is C9H9NO7. The zero-order chi connectivity index (χ0) is 13.4. The maximum Gasteiger partial charge on any atom is 0.511 e. The van der Waals surface area contributed by atoms with Gasteiger partial charge in [-0.1, -0.05) is 0 Å². The normalized spacial score (nSPS) is 8.53. The number of non-ortho nitro benzene ring substituents is 1. The van der Waals surface area contributed by atoms with Crippen LogP contribution in [0.3, 0.4) is 0 Å². The topological polar surface area (TPSA) is 127 Å². The monoisotopic (exact) mass is 243 g/mol. The third kappa shape index (κ3) is 7.31. The molecular weight excluding hydrogens is 234 g/mol. The highest BCUT2D eigenvalue weighted by Crippen LogP contribution is 2.17. The Bertz CT molecular complexity index is 408. The first kappa shape index (κ1) is 14.4. The van der Waals surface area contributed by atoms with E-state index in [1.54, 1.807) is 0 Å². The number of aliphatic carboxylic acids is 1. The van der Waals surface area contributed by atoms with Crippen molar-refractivity contribution >= 4 is 17.8 Å². The number of benzene rings is 1. The van der Waals surface area contributed by atoms with Crippen LogP contribution in [0.2, 0.25) is 0 Å². The first-order valence-corrected chi connectivity index (χ1v) is 4.17. The molecule has 0 aliphatic rings. The van der Waals surface area contributed by atoms with Gasteiger partial charge in [0.25, 0.3) is 11.7 Å². The minimum atomic E-state index is -1.45. The molecule has 92 valence electrons. The molecule has 0 saturated carbocycles. The van der Waals surface area contributed by atoms with E-state index in [9.17, 15) is 14.9 Å². The predicted molar refractivity (Wildman–Crippen MR) is 55.1 cm³/mol. The molecule has 8 nitrogen and oxygen atoms in total. The summed E-state index contributed by atoms with van der Waals surface area (Å²) in [6.07, 6.45) is -1.45. The molecule has 17 heavy (non-hydrogen) atoms. The standard InChI is InChI=1S/C7H5NO5.C2H4O2/c9-7(10)13-6-3-1-5(2-4-6)8(11)12;1-2(3)4/h1-4H,(H,9,10);1H3,(H,3,4). The lowest BCUT2D eigenvalue weighted by molar-refractivity contribution is -0.384. The number of nitrogens with zero attached hydrogens (tertiary/aromatic N) is 1. The van der Waals surface area contributed by atoms with E-state index >= 15 is 0 Å². The van der Waals surface area contributed by atoms with Crippen LogP contribution < -0.4 is 4.74 Å². The summed E-state index contributed by atoms with van der Waals surface area (Å²) in [5.41, 5.74) is -0.113. The second kappa shape index (κ2) is 6.77. The lowest BCUT2D eigenvalue weighted by atomic mass is 10.3. The lowest BCUT2D eigenvalue weighted by Gasteiger charge is -1.97. The van der Waals surface area contributed by atoms with Crippen molar-refractivity contribution in [3.63, 3.8) is 0 Å². The number of carboxylic acid groups (broad SMARTS) is 2. The van der Waals surface area contributed by atoms with Gasteiger partial charge in [-0.25, -0.2) is 4.79 Å². The Hall–Kier alpha value is -2.64. The van der Waals surface area contributed by atoms with E-state index < -0.39 is 17.0 Å². The second-order valence-corrected chi connectivity index (χ2v) is 2.64. The molecule has 2 N–H and O–H groups in total. The van der Waals surface area contributed by atoms with Crippen LogP contribution in [-0.2, 0) is 4.79 Å². The van der Waals surface area contributed by atoms with Gasteiger partial charge in [0.1, 0.15) is 5.75 Å². The number of nitro groups is 1. The first-order valence-electron chi connectivity index (χ1n) is 4.17. The number of carboxylic acids is 1. The molecule has 0 fully saturated rings. The van der Waals surface area contributed by atoms with Crippen LogP contribution in [0.4, 0.5) is 10.5 Å². The van der Waals surface area contributed by atoms with Gasteiger partial charge in [0.15, 0.2) is 0 Å². The van der Waals surface area contributed by atoms with E-state index in [-0.39, 0.29) is 11.4 Å². The number of nitro benzene ring substituents is 1. The van der Waals surface area contributed by atoms with Crippen molar-refractivity contribution in [2.75, 3.05) is 0 Å². The molecule has 0 aromatic heterocycles. The van der Waals surface area contributed by atoms with Crippen molar-refractivity contribution in [3.05, 3.63) is 34.4 Å². The van der Waals surface area contributed by atoms with Crippen molar-refractivity contribution in [2.45, 2.75) is 6.92 Å². The minimum Gasteiger partial charge on any atom is -0.481 e. The smallest absolute Gasteiger partial charge is 0.481 e. The van der Waals surface area contributed by atoms with E-state index in [4.69, 9.17) is 15.0 Å². The molecule has 0 unspecified atom stereocenters. The highest BCUT2D eigenvalue weighted by atomic mass is 16.7. The van der Waals surface area contributed by atoms with Gasteiger partial charge in [-0.05, 0) is 12.1 Å². The Kier molecular flexibility index (Phi) is 5.72. The molecule has 1 aromatic carbocycles. The Balaban J connectivity index is 0.000000557. The summed E-state index contributed by atoms with van der Waals surface area (Å²) in [5, 5.41) is 25.8. The third-order valence-corrected chi connectivity index (χ3v) is 1.25. The molecule has 0 saturated heterocycles. The average Bonchev–Trinajstić information content (AvgIpc) is 2.16. The molecule has 0 heterocycles. The van der Waals surface area contributed by atoms with Crippen molar-refractivity contribution in [1.82, 2.24) is 0 Å². The number of hydrogen-bond donors (Lipinski definition) is 2. The molecule has 0 atom stereocenters. The summed E-state index contributed by atoms with van der Waals surface area (Å²) >= 11 is 0. The van der Waals surface area contributed by atoms with Gasteiger partial charge < -0.3 is 14.9 Å². The van der Waals surface area contributed by atoms with Crippen LogP contribution in [0.5, 0.6) is 5.75 Å². The van der Waals surface area contributed by atoms with Gasteiger partial charge >= 0.3 is 6.16 Å². The molecule has 1 rings (SSSR count).